The number of guanidine groups is 1. The van der Waals surface area contributed by atoms with Gasteiger partial charge >= 0.3 is 0 Å². The van der Waals surface area contributed by atoms with Crippen LogP contribution < -0.4 is 5.32 Å². The number of aliphatic imine (C=N–C) groups is 1. The monoisotopic (exact) mass is 497 g/mol. The van der Waals surface area contributed by atoms with E-state index >= 15 is 0 Å². The number of nitrogens with zero attached hydrogens (tertiary/aromatic N) is 4. The van der Waals surface area contributed by atoms with E-state index in [1.54, 1.807) is 0 Å². The highest BCUT2D eigenvalue weighted by Crippen LogP contribution is 2.11. The molecule has 7 heteroatoms. The van der Waals surface area contributed by atoms with Crippen molar-refractivity contribution in [3.05, 3.63) is 71.1 Å². The van der Waals surface area contributed by atoms with Gasteiger partial charge in [0.25, 0.3) is 0 Å². The summed E-state index contributed by atoms with van der Waals surface area (Å²) < 4.78 is 2.04. The van der Waals surface area contributed by atoms with Gasteiger partial charge in [-0.2, -0.15) is 0 Å². The van der Waals surface area contributed by atoms with Crippen LogP contribution in [-0.4, -0.2) is 40.4 Å². The molecule has 144 valence electrons. The summed E-state index contributed by atoms with van der Waals surface area (Å²) in [5.41, 5.74) is 3.22. The number of benzene rings is 1. The van der Waals surface area contributed by atoms with Crippen molar-refractivity contribution < 1.29 is 0 Å². The molecule has 0 aliphatic rings. The number of rotatable bonds is 6. The van der Waals surface area contributed by atoms with E-state index < -0.39 is 0 Å². The van der Waals surface area contributed by atoms with Crippen molar-refractivity contribution in [3.63, 3.8) is 0 Å². The van der Waals surface area contributed by atoms with Crippen LogP contribution >= 0.6 is 35.6 Å². The fourth-order valence-corrected chi connectivity index (χ4v) is 2.92. The summed E-state index contributed by atoms with van der Waals surface area (Å²) in [4.78, 5) is 11.5. The zero-order chi connectivity index (χ0) is 18.4. The number of hydrogen-bond donors (Lipinski definition) is 1. The molecule has 1 aromatic carbocycles. The lowest BCUT2D eigenvalue weighted by atomic mass is 10.2. The Bertz CT molecular complexity index is 842. The maximum Gasteiger partial charge on any atom is 0.193 e. The normalized spacial score (nSPS) is 11.3. The Balaban J connectivity index is 0.00000261. The number of pyridine rings is 1. The van der Waals surface area contributed by atoms with Crippen molar-refractivity contribution >= 4 is 47.2 Å². The Labute approximate surface area is 182 Å². The Morgan fingerprint density at radius 1 is 1.22 bits per heavy atom. The van der Waals surface area contributed by atoms with Gasteiger partial charge in [0.05, 0.1) is 5.69 Å². The average molecular weight is 498 g/mol. The molecule has 2 aromatic heterocycles. The summed E-state index contributed by atoms with van der Waals surface area (Å²) in [5.74, 6) is 0.895. The van der Waals surface area contributed by atoms with Crippen molar-refractivity contribution in [1.82, 2.24) is 19.6 Å². The van der Waals surface area contributed by atoms with Crippen LogP contribution in [0.25, 0.3) is 5.65 Å². The van der Waals surface area contributed by atoms with Crippen molar-refractivity contribution in [3.8, 4) is 0 Å². The minimum absolute atomic E-state index is 0. The van der Waals surface area contributed by atoms with Gasteiger partial charge in [0, 0.05) is 50.5 Å². The third-order valence-electron chi connectivity index (χ3n) is 4.07. The number of aromatic nitrogens is 2. The van der Waals surface area contributed by atoms with E-state index in [4.69, 9.17) is 16.6 Å². The van der Waals surface area contributed by atoms with Crippen LogP contribution in [0.5, 0.6) is 0 Å². The second-order valence-electron chi connectivity index (χ2n) is 6.17. The van der Waals surface area contributed by atoms with Crippen LogP contribution in [0, 0.1) is 0 Å². The minimum Gasteiger partial charge on any atom is -0.357 e. The SMILES string of the molecule is CCNC(=NCCc1cn2ccccc2n1)N(C)Cc1ccc(Cl)cc1.I. The molecule has 2 heterocycles. The lowest BCUT2D eigenvalue weighted by molar-refractivity contribution is 0.477. The van der Waals surface area contributed by atoms with Gasteiger partial charge in [-0.05, 0) is 36.8 Å². The highest BCUT2D eigenvalue weighted by atomic mass is 127. The number of fused-ring (bicyclic) bond motifs is 1. The van der Waals surface area contributed by atoms with Crippen LogP contribution in [-0.2, 0) is 13.0 Å². The lowest BCUT2D eigenvalue weighted by Crippen LogP contribution is -2.38. The van der Waals surface area contributed by atoms with Gasteiger partial charge in [0.15, 0.2) is 5.96 Å². The van der Waals surface area contributed by atoms with Crippen molar-refractivity contribution in [2.75, 3.05) is 20.1 Å². The van der Waals surface area contributed by atoms with Crippen molar-refractivity contribution in [1.29, 1.82) is 0 Å². The van der Waals surface area contributed by atoms with E-state index in [2.05, 4.69) is 28.3 Å². The second-order valence-corrected chi connectivity index (χ2v) is 6.60. The summed E-state index contributed by atoms with van der Waals surface area (Å²) in [5, 5.41) is 4.11. The Kier molecular flexibility index (Phi) is 8.37. The molecule has 0 spiro atoms. The van der Waals surface area contributed by atoms with Gasteiger partial charge in [0.2, 0.25) is 0 Å². The molecule has 3 rings (SSSR count). The van der Waals surface area contributed by atoms with Crippen molar-refractivity contribution in [2.45, 2.75) is 19.9 Å². The molecule has 0 fully saturated rings. The van der Waals surface area contributed by atoms with Crippen LogP contribution in [0.1, 0.15) is 18.2 Å². The van der Waals surface area contributed by atoms with E-state index in [0.717, 1.165) is 41.8 Å². The molecule has 0 saturated heterocycles. The molecule has 0 amide bonds. The summed E-state index contributed by atoms with van der Waals surface area (Å²) >= 11 is 5.96. The number of halogens is 2. The van der Waals surface area contributed by atoms with Gasteiger partial charge in [-0.3, -0.25) is 4.99 Å². The zero-order valence-corrected chi connectivity index (χ0v) is 18.7. The molecule has 0 aliphatic carbocycles. The van der Waals surface area contributed by atoms with E-state index in [1.807, 2.05) is 60.1 Å². The molecule has 3 aromatic rings. The maximum absolute atomic E-state index is 5.96. The molecule has 0 unspecified atom stereocenters. The predicted octanol–water partition coefficient (Wildman–Crippen LogP) is 4.25. The predicted molar refractivity (Wildman–Crippen MR) is 123 cm³/mol. The fraction of sp³-hybridized carbons (Fsp3) is 0.300. The molecule has 1 N–H and O–H groups in total. The van der Waals surface area contributed by atoms with Gasteiger partial charge in [-0.1, -0.05) is 29.8 Å². The number of nitrogens with one attached hydrogen (secondary N) is 1. The molecule has 0 bridgehead atoms. The first-order chi connectivity index (χ1) is 12.7. The van der Waals surface area contributed by atoms with Crippen LogP contribution in [0.2, 0.25) is 5.02 Å². The average Bonchev–Trinajstić information content (AvgIpc) is 3.05. The van der Waals surface area contributed by atoms with Gasteiger partial charge in [0.1, 0.15) is 5.65 Å². The first kappa shape index (κ1) is 21.5. The summed E-state index contributed by atoms with van der Waals surface area (Å²) in [6.45, 7) is 4.38. The highest BCUT2D eigenvalue weighted by Gasteiger charge is 2.07. The van der Waals surface area contributed by atoms with Gasteiger partial charge in [-0.25, -0.2) is 4.98 Å². The van der Waals surface area contributed by atoms with Crippen LogP contribution in [0.3, 0.4) is 0 Å². The Morgan fingerprint density at radius 2 is 2.00 bits per heavy atom. The smallest absolute Gasteiger partial charge is 0.193 e. The number of hydrogen-bond acceptors (Lipinski definition) is 2. The second kappa shape index (κ2) is 10.5. The van der Waals surface area contributed by atoms with E-state index in [9.17, 15) is 0 Å². The third-order valence-corrected chi connectivity index (χ3v) is 4.32. The first-order valence-corrected chi connectivity index (χ1v) is 9.20. The first-order valence-electron chi connectivity index (χ1n) is 8.82. The highest BCUT2D eigenvalue weighted by molar-refractivity contribution is 14.0. The quantitative estimate of drug-likeness (QED) is 0.315. The molecule has 0 saturated carbocycles. The van der Waals surface area contributed by atoms with E-state index in [0.29, 0.717) is 6.54 Å². The molecular formula is C20H25ClIN5. The lowest BCUT2D eigenvalue weighted by Gasteiger charge is -2.22. The van der Waals surface area contributed by atoms with Crippen molar-refractivity contribution in [2.24, 2.45) is 4.99 Å². The van der Waals surface area contributed by atoms with Gasteiger partial charge in [-0.15, -0.1) is 24.0 Å². The number of imidazole rings is 1. The standard InChI is InChI=1S/C20H24ClN5.HI/c1-3-22-20(25(2)14-16-7-9-17(21)10-8-16)23-12-11-18-15-26-13-5-4-6-19(26)24-18;/h4-10,13,15H,3,11-12,14H2,1-2H3,(H,22,23);1H. The molecule has 0 atom stereocenters. The third kappa shape index (κ3) is 6.10. The van der Waals surface area contributed by atoms with Gasteiger partial charge < -0.3 is 14.6 Å². The van der Waals surface area contributed by atoms with Crippen LogP contribution in [0.4, 0.5) is 0 Å². The molecule has 27 heavy (non-hydrogen) atoms. The summed E-state index contributed by atoms with van der Waals surface area (Å²) in [6.07, 6.45) is 4.89. The molecule has 0 aliphatic heterocycles. The maximum atomic E-state index is 5.96. The molecule has 5 nitrogen and oxygen atoms in total. The Hall–Kier alpha value is -1.80. The largest absolute Gasteiger partial charge is 0.357 e. The Morgan fingerprint density at radius 3 is 2.70 bits per heavy atom. The van der Waals surface area contributed by atoms with E-state index in [-0.39, 0.29) is 24.0 Å². The van der Waals surface area contributed by atoms with E-state index in [1.165, 1.54) is 5.56 Å². The zero-order valence-electron chi connectivity index (χ0n) is 15.6. The van der Waals surface area contributed by atoms with Crippen LogP contribution in [0.15, 0.2) is 59.9 Å². The molecule has 0 radical (unpaired) electrons. The fourth-order valence-electron chi connectivity index (χ4n) is 2.79. The summed E-state index contributed by atoms with van der Waals surface area (Å²) in [6, 6.07) is 13.9. The topological polar surface area (TPSA) is 44.9 Å². The molecular weight excluding hydrogens is 473 g/mol. The summed E-state index contributed by atoms with van der Waals surface area (Å²) in [7, 11) is 2.04. The minimum atomic E-state index is 0.